The molecule has 0 radical (unpaired) electrons. The number of nitrogens with zero attached hydrogens (tertiary/aromatic N) is 6. The first-order valence-electron chi connectivity index (χ1n) is 11.8. The molecular formula is C25H28FN7O2. The topological polar surface area (TPSA) is 88.0 Å². The largest absolute Gasteiger partial charge is 0.488 e. The Morgan fingerprint density at radius 1 is 0.914 bits per heavy atom. The van der Waals surface area contributed by atoms with Gasteiger partial charge in [0.2, 0.25) is 17.8 Å². The second-order valence-electron chi connectivity index (χ2n) is 8.38. The number of anilines is 3. The maximum absolute atomic E-state index is 13.1. The minimum absolute atomic E-state index is 0.268. The molecule has 0 spiro atoms. The summed E-state index contributed by atoms with van der Waals surface area (Å²) in [4.78, 5) is 18.2. The highest BCUT2D eigenvalue weighted by Crippen LogP contribution is 2.22. The molecule has 3 aromatic rings. The van der Waals surface area contributed by atoms with Crippen LogP contribution in [-0.4, -0.2) is 60.6 Å². The second kappa shape index (κ2) is 11.1. The maximum Gasteiger partial charge on any atom is 0.250 e. The first-order valence-corrected chi connectivity index (χ1v) is 11.8. The zero-order valence-electron chi connectivity index (χ0n) is 19.4. The number of halogens is 1. The Morgan fingerprint density at radius 2 is 1.60 bits per heavy atom. The first kappa shape index (κ1) is 23.0. The molecule has 10 heteroatoms. The summed E-state index contributed by atoms with van der Waals surface area (Å²) in [6, 6.07) is 13.9. The van der Waals surface area contributed by atoms with E-state index in [1.54, 1.807) is 18.3 Å². The predicted molar refractivity (Wildman–Crippen MR) is 133 cm³/mol. The number of hydrogen-bond acceptors (Lipinski definition) is 9. The minimum atomic E-state index is -0.268. The molecule has 2 aliphatic heterocycles. The average molecular weight is 478 g/mol. The van der Waals surface area contributed by atoms with E-state index in [2.05, 4.69) is 30.3 Å². The summed E-state index contributed by atoms with van der Waals surface area (Å²) < 4.78 is 24.6. The molecule has 182 valence electrons. The smallest absolute Gasteiger partial charge is 0.250 e. The van der Waals surface area contributed by atoms with Crippen molar-refractivity contribution >= 4 is 24.1 Å². The van der Waals surface area contributed by atoms with Crippen molar-refractivity contribution in [2.75, 3.05) is 54.6 Å². The Kier molecular flexibility index (Phi) is 7.28. The van der Waals surface area contributed by atoms with Gasteiger partial charge in [-0.3, -0.25) is 0 Å². The van der Waals surface area contributed by atoms with Crippen LogP contribution in [0.25, 0.3) is 0 Å². The molecule has 1 aromatic heterocycles. The van der Waals surface area contributed by atoms with Gasteiger partial charge >= 0.3 is 0 Å². The van der Waals surface area contributed by atoms with Crippen LogP contribution in [0.5, 0.6) is 5.75 Å². The molecule has 2 aliphatic rings. The molecule has 0 unspecified atom stereocenters. The van der Waals surface area contributed by atoms with Gasteiger partial charge in [-0.15, -0.1) is 0 Å². The van der Waals surface area contributed by atoms with E-state index in [1.165, 1.54) is 12.1 Å². The van der Waals surface area contributed by atoms with Gasteiger partial charge in [0.25, 0.3) is 0 Å². The third kappa shape index (κ3) is 6.02. The minimum Gasteiger partial charge on any atom is -0.488 e. The summed E-state index contributed by atoms with van der Waals surface area (Å²) in [5.74, 6) is 2.09. The van der Waals surface area contributed by atoms with Gasteiger partial charge < -0.3 is 19.3 Å². The summed E-state index contributed by atoms with van der Waals surface area (Å²) in [5, 5.41) is 4.37. The van der Waals surface area contributed by atoms with Gasteiger partial charge in [0.15, 0.2) is 0 Å². The molecule has 3 heterocycles. The molecule has 0 saturated carbocycles. The lowest BCUT2D eigenvalue weighted by atomic mass is 10.2. The number of ether oxygens (including phenoxy) is 2. The predicted octanol–water partition coefficient (Wildman–Crippen LogP) is 3.47. The Bertz CT molecular complexity index is 1150. The zero-order valence-corrected chi connectivity index (χ0v) is 19.4. The van der Waals surface area contributed by atoms with Crippen molar-refractivity contribution in [2.45, 2.75) is 19.4 Å². The molecule has 2 saturated heterocycles. The first-order chi connectivity index (χ1) is 17.2. The fraction of sp³-hybridized carbons (Fsp3) is 0.360. The van der Waals surface area contributed by atoms with Gasteiger partial charge in [0.1, 0.15) is 18.2 Å². The van der Waals surface area contributed by atoms with Gasteiger partial charge in [-0.1, -0.05) is 24.3 Å². The number of morpholine rings is 1. The Morgan fingerprint density at radius 3 is 2.34 bits per heavy atom. The molecule has 0 atom stereocenters. The molecule has 5 rings (SSSR count). The standard InChI is InChI=1S/C25H28FN7O2/c26-21-9-7-19(8-10-21)18-35-22-6-2-1-5-20(22)17-27-31-23-28-24(32-11-3-4-12-32)30-25(29-23)33-13-15-34-16-14-33/h1-2,5-10,17H,3-4,11-16,18H2,(H,28,29,30,31)/b27-17+. The van der Waals surface area contributed by atoms with Crippen molar-refractivity contribution in [3.8, 4) is 5.75 Å². The molecule has 2 aromatic carbocycles. The molecule has 0 bridgehead atoms. The maximum atomic E-state index is 13.1. The fourth-order valence-electron chi connectivity index (χ4n) is 3.99. The average Bonchev–Trinajstić information content (AvgIpc) is 3.45. The molecule has 1 N–H and O–H groups in total. The number of rotatable bonds is 8. The third-order valence-electron chi connectivity index (χ3n) is 5.89. The Labute approximate surface area is 203 Å². The highest BCUT2D eigenvalue weighted by atomic mass is 19.1. The summed E-state index contributed by atoms with van der Waals surface area (Å²) in [7, 11) is 0. The van der Waals surface area contributed by atoms with E-state index >= 15 is 0 Å². The summed E-state index contributed by atoms with van der Waals surface area (Å²) in [5.41, 5.74) is 4.65. The highest BCUT2D eigenvalue weighted by molar-refractivity contribution is 5.83. The number of aromatic nitrogens is 3. The van der Waals surface area contributed by atoms with Crippen LogP contribution in [-0.2, 0) is 11.3 Å². The van der Waals surface area contributed by atoms with Crippen LogP contribution in [0.1, 0.15) is 24.0 Å². The SMILES string of the molecule is Fc1ccc(COc2ccccc2/C=N/Nc2nc(N3CCCC3)nc(N3CCOCC3)n2)cc1. The summed E-state index contributed by atoms with van der Waals surface area (Å²) in [6.45, 7) is 4.99. The third-order valence-corrected chi connectivity index (χ3v) is 5.89. The quantitative estimate of drug-likeness (QED) is 0.390. The van der Waals surface area contributed by atoms with Gasteiger partial charge in [-0.05, 0) is 42.7 Å². The van der Waals surface area contributed by atoms with Crippen LogP contribution in [0.4, 0.5) is 22.2 Å². The van der Waals surface area contributed by atoms with Crippen molar-refractivity contribution in [1.82, 2.24) is 15.0 Å². The normalized spacial score (nSPS) is 16.1. The Balaban J connectivity index is 1.30. The zero-order chi connectivity index (χ0) is 23.9. The number of para-hydroxylation sites is 1. The number of hydrazone groups is 1. The number of benzene rings is 2. The van der Waals surface area contributed by atoms with Crippen LogP contribution in [0.3, 0.4) is 0 Å². The summed E-state index contributed by atoms with van der Waals surface area (Å²) in [6.07, 6.45) is 3.94. The van der Waals surface area contributed by atoms with Crippen LogP contribution < -0.4 is 20.0 Å². The molecule has 9 nitrogen and oxygen atoms in total. The monoisotopic (exact) mass is 477 g/mol. The van der Waals surface area contributed by atoms with Crippen LogP contribution in [0.2, 0.25) is 0 Å². The van der Waals surface area contributed by atoms with Crippen molar-refractivity contribution in [1.29, 1.82) is 0 Å². The highest BCUT2D eigenvalue weighted by Gasteiger charge is 2.21. The van der Waals surface area contributed by atoms with E-state index in [1.807, 2.05) is 24.3 Å². The Hall–Kier alpha value is -3.79. The molecular weight excluding hydrogens is 449 g/mol. The lowest BCUT2D eigenvalue weighted by molar-refractivity contribution is 0.122. The van der Waals surface area contributed by atoms with Gasteiger partial charge in [0.05, 0.1) is 19.4 Å². The van der Waals surface area contributed by atoms with E-state index in [-0.39, 0.29) is 5.82 Å². The van der Waals surface area contributed by atoms with Crippen molar-refractivity contribution < 1.29 is 13.9 Å². The van der Waals surface area contributed by atoms with Crippen LogP contribution in [0.15, 0.2) is 53.6 Å². The summed E-state index contributed by atoms with van der Waals surface area (Å²) >= 11 is 0. The van der Waals surface area contributed by atoms with E-state index in [9.17, 15) is 4.39 Å². The molecule has 0 amide bonds. The lowest BCUT2D eigenvalue weighted by Gasteiger charge is -2.27. The molecule has 0 aliphatic carbocycles. The van der Waals surface area contributed by atoms with Crippen LogP contribution in [0, 0.1) is 5.82 Å². The lowest BCUT2D eigenvalue weighted by Crippen LogP contribution is -2.38. The van der Waals surface area contributed by atoms with E-state index < -0.39 is 0 Å². The van der Waals surface area contributed by atoms with Crippen molar-refractivity contribution in [2.24, 2.45) is 5.10 Å². The number of hydrogen-bond donors (Lipinski definition) is 1. The van der Waals surface area contributed by atoms with Crippen molar-refractivity contribution in [3.63, 3.8) is 0 Å². The number of nitrogens with one attached hydrogen (secondary N) is 1. The van der Waals surface area contributed by atoms with Crippen LogP contribution >= 0.6 is 0 Å². The second-order valence-corrected chi connectivity index (χ2v) is 8.38. The fourth-order valence-corrected chi connectivity index (χ4v) is 3.99. The van der Waals surface area contributed by atoms with E-state index in [0.29, 0.717) is 43.4 Å². The van der Waals surface area contributed by atoms with Gasteiger partial charge in [-0.25, -0.2) is 9.82 Å². The molecule has 35 heavy (non-hydrogen) atoms. The van der Waals surface area contributed by atoms with Gasteiger partial charge in [0, 0.05) is 31.7 Å². The molecule has 2 fully saturated rings. The van der Waals surface area contributed by atoms with Gasteiger partial charge in [-0.2, -0.15) is 20.1 Å². The van der Waals surface area contributed by atoms with E-state index in [0.717, 1.165) is 50.1 Å². The van der Waals surface area contributed by atoms with Crippen molar-refractivity contribution in [3.05, 3.63) is 65.5 Å². The van der Waals surface area contributed by atoms with E-state index in [4.69, 9.17) is 14.5 Å².